The highest BCUT2D eigenvalue weighted by molar-refractivity contribution is 7.98. The fraction of sp³-hybridized carbons (Fsp3) is 0.250. The van der Waals surface area contributed by atoms with E-state index in [9.17, 15) is 4.79 Å². The molecule has 0 aliphatic rings. The van der Waals surface area contributed by atoms with Gasteiger partial charge in [-0.2, -0.15) is 0 Å². The Labute approximate surface area is 85.4 Å². The first-order chi connectivity index (χ1) is 6.19. The van der Waals surface area contributed by atoms with Crippen LogP contribution < -0.4 is 0 Å². The second-order valence-corrected chi connectivity index (χ2v) is 3.45. The van der Waals surface area contributed by atoms with Crippen molar-refractivity contribution >= 4 is 29.3 Å². The SMILES string of the molecule is COC(=O)c1cc(Cl)c(SC)cn1. The van der Waals surface area contributed by atoms with Gasteiger partial charge in [-0.1, -0.05) is 11.6 Å². The summed E-state index contributed by atoms with van der Waals surface area (Å²) < 4.78 is 4.50. The second kappa shape index (κ2) is 4.48. The number of carbonyl (C=O) groups is 1. The van der Waals surface area contributed by atoms with Crippen LogP contribution in [0, 0.1) is 0 Å². The summed E-state index contributed by atoms with van der Waals surface area (Å²) in [6.45, 7) is 0. The highest BCUT2D eigenvalue weighted by Crippen LogP contribution is 2.24. The average molecular weight is 218 g/mol. The molecule has 0 unspecified atom stereocenters. The van der Waals surface area contributed by atoms with Crippen LogP contribution in [0.15, 0.2) is 17.2 Å². The molecule has 0 spiro atoms. The van der Waals surface area contributed by atoms with E-state index in [1.54, 1.807) is 6.20 Å². The summed E-state index contributed by atoms with van der Waals surface area (Å²) in [7, 11) is 1.31. The zero-order chi connectivity index (χ0) is 9.84. The number of hydrogen-bond acceptors (Lipinski definition) is 4. The van der Waals surface area contributed by atoms with Crippen LogP contribution in [0.1, 0.15) is 10.5 Å². The summed E-state index contributed by atoms with van der Waals surface area (Å²) in [4.78, 5) is 15.8. The van der Waals surface area contributed by atoms with Crippen molar-refractivity contribution in [3.05, 3.63) is 23.0 Å². The first-order valence-electron chi connectivity index (χ1n) is 3.47. The number of carbonyl (C=O) groups excluding carboxylic acids is 1. The molecular formula is C8H8ClNO2S. The van der Waals surface area contributed by atoms with Crippen molar-refractivity contribution in [2.45, 2.75) is 4.90 Å². The molecule has 0 aliphatic heterocycles. The Bertz CT molecular complexity index is 330. The molecule has 0 atom stereocenters. The van der Waals surface area contributed by atoms with Gasteiger partial charge in [0.15, 0.2) is 0 Å². The third-order valence-corrected chi connectivity index (χ3v) is 2.62. The molecule has 0 aromatic carbocycles. The number of halogens is 1. The van der Waals surface area contributed by atoms with E-state index in [1.807, 2.05) is 6.26 Å². The largest absolute Gasteiger partial charge is 0.464 e. The average Bonchev–Trinajstić information content (AvgIpc) is 2.16. The Morgan fingerprint density at radius 3 is 2.85 bits per heavy atom. The lowest BCUT2D eigenvalue weighted by atomic mass is 10.3. The Morgan fingerprint density at radius 1 is 1.69 bits per heavy atom. The van der Waals surface area contributed by atoms with E-state index < -0.39 is 5.97 Å². The van der Waals surface area contributed by atoms with Crippen molar-refractivity contribution in [2.24, 2.45) is 0 Å². The van der Waals surface area contributed by atoms with E-state index in [2.05, 4.69) is 9.72 Å². The molecule has 0 saturated heterocycles. The molecule has 1 rings (SSSR count). The zero-order valence-corrected chi connectivity index (χ0v) is 8.78. The minimum absolute atomic E-state index is 0.227. The topological polar surface area (TPSA) is 39.2 Å². The monoisotopic (exact) mass is 217 g/mol. The van der Waals surface area contributed by atoms with E-state index in [0.717, 1.165) is 4.90 Å². The number of hydrogen-bond donors (Lipinski definition) is 0. The molecule has 0 bridgehead atoms. The summed E-state index contributed by atoms with van der Waals surface area (Å²) in [6.07, 6.45) is 3.44. The van der Waals surface area contributed by atoms with E-state index in [0.29, 0.717) is 5.02 Å². The van der Waals surface area contributed by atoms with Crippen molar-refractivity contribution in [2.75, 3.05) is 13.4 Å². The highest BCUT2D eigenvalue weighted by atomic mass is 35.5. The van der Waals surface area contributed by atoms with Crippen LogP contribution in [0.5, 0.6) is 0 Å². The summed E-state index contributed by atoms with van der Waals surface area (Å²) in [5.74, 6) is -0.477. The van der Waals surface area contributed by atoms with Crippen LogP contribution in [0.4, 0.5) is 0 Å². The third-order valence-electron chi connectivity index (χ3n) is 1.43. The van der Waals surface area contributed by atoms with Gasteiger partial charge in [-0.3, -0.25) is 0 Å². The van der Waals surface area contributed by atoms with Gasteiger partial charge in [-0.05, 0) is 12.3 Å². The minimum Gasteiger partial charge on any atom is -0.464 e. The van der Waals surface area contributed by atoms with E-state index in [4.69, 9.17) is 11.6 Å². The van der Waals surface area contributed by atoms with Crippen LogP contribution >= 0.6 is 23.4 Å². The van der Waals surface area contributed by atoms with Gasteiger partial charge >= 0.3 is 5.97 Å². The van der Waals surface area contributed by atoms with Gasteiger partial charge < -0.3 is 4.74 Å². The van der Waals surface area contributed by atoms with Crippen LogP contribution in [0.3, 0.4) is 0 Å². The Balaban J connectivity index is 3.02. The number of ether oxygens (including phenoxy) is 1. The fourth-order valence-electron chi connectivity index (χ4n) is 0.785. The lowest BCUT2D eigenvalue weighted by Crippen LogP contribution is -2.03. The molecule has 1 heterocycles. The molecule has 0 aliphatic carbocycles. The van der Waals surface area contributed by atoms with Gasteiger partial charge in [0.25, 0.3) is 0 Å². The standard InChI is InChI=1S/C8H8ClNO2S/c1-12-8(11)6-3-5(9)7(13-2)4-10-6/h3-4H,1-2H3. The number of rotatable bonds is 2. The summed E-state index contributed by atoms with van der Waals surface area (Å²) >= 11 is 7.34. The second-order valence-electron chi connectivity index (χ2n) is 2.20. The van der Waals surface area contributed by atoms with Crippen molar-refractivity contribution < 1.29 is 9.53 Å². The molecule has 0 N–H and O–H groups in total. The van der Waals surface area contributed by atoms with Crippen molar-refractivity contribution in [1.82, 2.24) is 4.98 Å². The summed E-state index contributed by atoms with van der Waals surface area (Å²) in [6, 6.07) is 1.50. The number of esters is 1. The number of thioether (sulfide) groups is 1. The highest BCUT2D eigenvalue weighted by Gasteiger charge is 2.09. The quantitative estimate of drug-likeness (QED) is 0.563. The van der Waals surface area contributed by atoms with Gasteiger partial charge in [-0.15, -0.1) is 11.8 Å². The van der Waals surface area contributed by atoms with Crippen LogP contribution in [0.25, 0.3) is 0 Å². The molecule has 1 aromatic rings. The minimum atomic E-state index is -0.477. The number of nitrogens with zero attached hydrogens (tertiary/aromatic N) is 1. The summed E-state index contributed by atoms with van der Waals surface area (Å²) in [5.41, 5.74) is 0.227. The molecular weight excluding hydrogens is 210 g/mol. The smallest absolute Gasteiger partial charge is 0.356 e. The molecule has 5 heteroatoms. The van der Waals surface area contributed by atoms with Crippen LogP contribution in [0.2, 0.25) is 5.02 Å². The predicted molar refractivity (Wildman–Crippen MR) is 52.4 cm³/mol. The number of aromatic nitrogens is 1. The lowest BCUT2D eigenvalue weighted by molar-refractivity contribution is 0.0594. The lowest BCUT2D eigenvalue weighted by Gasteiger charge is -2.01. The molecule has 3 nitrogen and oxygen atoms in total. The Hall–Kier alpha value is -0.740. The predicted octanol–water partition coefficient (Wildman–Crippen LogP) is 2.24. The first-order valence-corrected chi connectivity index (χ1v) is 5.07. The molecule has 0 fully saturated rings. The fourth-order valence-corrected chi connectivity index (χ4v) is 1.58. The summed E-state index contributed by atoms with van der Waals surface area (Å²) in [5, 5.41) is 0.517. The zero-order valence-electron chi connectivity index (χ0n) is 7.20. The maximum absolute atomic E-state index is 11.0. The van der Waals surface area contributed by atoms with Gasteiger partial charge in [0, 0.05) is 11.1 Å². The number of methoxy groups -OCH3 is 1. The maximum Gasteiger partial charge on any atom is 0.356 e. The van der Waals surface area contributed by atoms with E-state index in [-0.39, 0.29) is 5.69 Å². The molecule has 13 heavy (non-hydrogen) atoms. The molecule has 0 saturated carbocycles. The van der Waals surface area contributed by atoms with Crippen molar-refractivity contribution in [3.63, 3.8) is 0 Å². The van der Waals surface area contributed by atoms with Gasteiger partial charge in [0.05, 0.1) is 12.1 Å². The Kier molecular flexibility index (Phi) is 3.57. The first kappa shape index (κ1) is 10.3. The van der Waals surface area contributed by atoms with Crippen molar-refractivity contribution in [1.29, 1.82) is 0 Å². The van der Waals surface area contributed by atoms with E-state index >= 15 is 0 Å². The third kappa shape index (κ3) is 2.35. The molecule has 1 aromatic heterocycles. The molecule has 70 valence electrons. The van der Waals surface area contributed by atoms with Crippen LogP contribution in [-0.4, -0.2) is 24.3 Å². The van der Waals surface area contributed by atoms with Crippen molar-refractivity contribution in [3.8, 4) is 0 Å². The Morgan fingerprint density at radius 2 is 2.38 bits per heavy atom. The molecule has 0 radical (unpaired) electrons. The molecule has 0 amide bonds. The van der Waals surface area contributed by atoms with Gasteiger partial charge in [-0.25, -0.2) is 9.78 Å². The van der Waals surface area contributed by atoms with Gasteiger partial charge in [0.1, 0.15) is 5.69 Å². The van der Waals surface area contributed by atoms with Gasteiger partial charge in [0.2, 0.25) is 0 Å². The maximum atomic E-state index is 11.0. The van der Waals surface area contributed by atoms with Crippen LogP contribution in [-0.2, 0) is 4.74 Å². The normalized spacial score (nSPS) is 9.77. The van der Waals surface area contributed by atoms with E-state index in [1.165, 1.54) is 24.9 Å². The number of pyridine rings is 1.